The van der Waals surface area contributed by atoms with Crippen molar-refractivity contribution in [2.24, 2.45) is 0 Å². The van der Waals surface area contributed by atoms with E-state index in [0.717, 1.165) is 10.0 Å². The van der Waals surface area contributed by atoms with Gasteiger partial charge in [0, 0.05) is 4.47 Å². The first-order valence-electron chi connectivity index (χ1n) is 5.89. The van der Waals surface area contributed by atoms with Crippen LogP contribution < -0.4 is 15.2 Å². The Morgan fingerprint density at radius 3 is 2.65 bits per heavy atom. The standard InChI is InChI=1S/C15H13BrN2O2/c1-19-15-6-10(2-3-11(15)8-17)9-20-14-5-4-12(16)7-13(14)18/h2-7H,9,18H2,1H3. The molecular formula is C15H13BrN2O2. The molecule has 2 aromatic carbocycles. The summed E-state index contributed by atoms with van der Waals surface area (Å²) in [6.45, 7) is 0.355. The topological polar surface area (TPSA) is 68.3 Å². The van der Waals surface area contributed by atoms with Crippen molar-refractivity contribution in [2.75, 3.05) is 12.8 Å². The quantitative estimate of drug-likeness (QED) is 0.870. The summed E-state index contributed by atoms with van der Waals surface area (Å²) in [5.74, 6) is 1.16. The van der Waals surface area contributed by atoms with Gasteiger partial charge in [0.05, 0.1) is 18.4 Å². The lowest BCUT2D eigenvalue weighted by Gasteiger charge is -2.10. The van der Waals surface area contributed by atoms with Crippen LogP contribution in [0.25, 0.3) is 0 Å². The molecule has 102 valence electrons. The van der Waals surface area contributed by atoms with Crippen LogP contribution in [0.4, 0.5) is 5.69 Å². The van der Waals surface area contributed by atoms with Gasteiger partial charge in [-0.2, -0.15) is 5.26 Å². The van der Waals surface area contributed by atoms with Gasteiger partial charge in [-0.15, -0.1) is 0 Å². The third-order valence-corrected chi connectivity index (χ3v) is 3.25. The third-order valence-electron chi connectivity index (χ3n) is 2.75. The highest BCUT2D eigenvalue weighted by Gasteiger charge is 2.06. The summed E-state index contributed by atoms with van der Waals surface area (Å²) in [6, 6.07) is 12.9. The molecule has 0 bridgehead atoms. The lowest BCUT2D eigenvalue weighted by Crippen LogP contribution is -1.99. The van der Waals surface area contributed by atoms with Gasteiger partial charge in [-0.1, -0.05) is 22.0 Å². The van der Waals surface area contributed by atoms with Gasteiger partial charge in [-0.25, -0.2) is 0 Å². The molecule has 20 heavy (non-hydrogen) atoms. The van der Waals surface area contributed by atoms with Gasteiger partial charge in [-0.05, 0) is 35.9 Å². The molecule has 0 fully saturated rings. The van der Waals surface area contributed by atoms with Crippen molar-refractivity contribution in [2.45, 2.75) is 6.61 Å². The smallest absolute Gasteiger partial charge is 0.142 e. The molecule has 0 saturated carbocycles. The van der Waals surface area contributed by atoms with Crippen molar-refractivity contribution >= 4 is 21.6 Å². The molecule has 0 amide bonds. The highest BCUT2D eigenvalue weighted by Crippen LogP contribution is 2.27. The van der Waals surface area contributed by atoms with E-state index in [0.29, 0.717) is 29.4 Å². The molecule has 0 unspecified atom stereocenters. The molecular weight excluding hydrogens is 320 g/mol. The largest absolute Gasteiger partial charge is 0.495 e. The summed E-state index contributed by atoms with van der Waals surface area (Å²) in [7, 11) is 1.54. The van der Waals surface area contributed by atoms with E-state index < -0.39 is 0 Å². The molecule has 0 aliphatic rings. The summed E-state index contributed by atoms with van der Waals surface area (Å²) in [4.78, 5) is 0. The predicted octanol–water partition coefficient (Wildman–Crippen LogP) is 3.49. The molecule has 2 rings (SSSR count). The van der Waals surface area contributed by atoms with Crippen LogP contribution >= 0.6 is 15.9 Å². The summed E-state index contributed by atoms with van der Waals surface area (Å²) >= 11 is 3.34. The average Bonchev–Trinajstić information content (AvgIpc) is 2.46. The minimum Gasteiger partial charge on any atom is -0.495 e. The zero-order valence-corrected chi connectivity index (χ0v) is 12.5. The van der Waals surface area contributed by atoms with E-state index in [4.69, 9.17) is 20.5 Å². The Kier molecular flexibility index (Phi) is 4.49. The number of hydrogen-bond donors (Lipinski definition) is 1. The van der Waals surface area contributed by atoms with Crippen molar-refractivity contribution in [1.29, 1.82) is 5.26 Å². The minimum atomic E-state index is 0.355. The van der Waals surface area contributed by atoms with Crippen LogP contribution in [0.3, 0.4) is 0 Å². The molecule has 0 spiro atoms. The van der Waals surface area contributed by atoms with E-state index in [1.54, 1.807) is 24.3 Å². The number of hydrogen-bond acceptors (Lipinski definition) is 4. The van der Waals surface area contributed by atoms with E-state index in [-0.39, 0.29) is 0 Å². The molecule has 2 N–H and O–H groups in total. The number of benzene rings is 2. The average molecular weight is 333 g/mol. The molecule has 4 nitrogen and oxygen atoms in total. The Bertz CT molecular complexity index is 665. The Morgan fingerprint density at radius 2 is 2.00 bits per heavy atom. The number of halogens is 1. The van der Waals surface area contributed by atoms with E-state index in [2.05, 4.69) is 22.0 Å². The summed E-state index contributed by atoms with van der Waals surface area (Å²) in [5.41, 5.74) is 7.84. The predicted molar refractivity (Wildman–Crippen MR) is 80.6 cm³/mol. The van der Waals surface area contributed by atoms with E-state index in [1.807, 2.05) is 12.1 Å². The molecule has 0 aliphatic carbocycles. The van der Waals surface area contributed by atoms with Crippen molar-refractivity contribution < 1.29 is 9.47 Å². The number of anilines is 1. The van der Waals surface area contributed by atoms with Crippen molar-refractivity contribution in [3.63, 3.8) is 0 Å². The lowest BCUT2D eigenvalue weighted by molar-refractivity contribution is 0.307. The fraction of sp³-hybridized carbons (Fsp3) is 0.133. The zero-order chi connectivity index (χ0) is 14.5. The van der Waals surface area contributed by atoms with Gasteiger partial charge in [0.25, 0.3) is 0 Å². The Balaban J connectivity index is 2.13. The summed E-state index contributed by atoms with van der Waals surface area (Å²) in [6.07, 6.45) is 0. The second kappa shape index (κ2) is 6.31. The first-order chi connectivity index (χ1) is 9.63. The fourth-order valence-electron chi connectivity index (χ4n) is 1.73. The van der Waals surface area contributed by atoms with E-state index >= 15 is 0 Å². The molecule has 0 aromatic heterocycles. The maximum absolute atomic E-state index is 8.93. The summed E-state index contributed by atoms with van der Waals surface area (Å²) < 4.78 is 11.7. The first kappa shape index (κ1) is 14.2. The number of rotatable bonds is 4. The molecule has 0 radical (unpaired) electrons. The SMILES string of the molecule is COc1cc(COc2ccc(Br)cc2N)ccc1C#N. The highest BCUT2D eigenvalue weighted by molar-refractivity contribution is 9.10. The second-order valence-corrected chi connectivity index (χ2v) is 5.03. The number of nitrogens with zero attached hydrogens (tertiary/aromatic N) is 1. The maximum Gasteiger partial charge on any atom is 0.142 e. The van der Waals surface area contributed by atoms with Crippen LogP contribution in [0.1, 0.15) is 11.1 Å². The number of nitrogen functional groups attached to an aromatic ring is 1. The van der Waals surface area contributed by atoms with Crippen LogP contribution in [0.2, 0.25) is 0 Å². The Labute approximate surface area is 125 Å². The van der Waals surface area contributed by atoms with Gasteiger partial charge >= 0.3 is 0 Å². The number of nitrogens with two attached hydrogens (primary N) is 1. The van der Waals surface area contributed by atoms with Gasteiger partial charge in [-0.3, -0.25) is 0 Å². The Morgan fingerprint density at radius 1 is 1.20 bits per heavy atom. The van der Waals surface area contributed by atoms with Crippen LogP contribution in [0, 0.1) is 11.3 Å². The van der Waals surface area contributed by atoms with Gasteiger partial charge in [0.2, 0.25) is 0 Å². The van der Waals surface area contributed by atoms with Gasteiger partial charge in [0.1, 0.15) is 24.2 Å². The van der Waals surface area contributed by atoms with E-state index in [1.165, 1.54) is 7.11 Å². The van der Waals surface area contributed by atoms with Gasteiger partial charge in [0.15, 0.2) is 0 Å². The summed E-state index contributed by atoms with van der Waals surface area (Å²) in [5, 5.41) is 8.93. The third kappa shape index (κ3) is 3.22. The van der Waals surface area contributed by atoms with Gasteiger partial charge < -0.3 is 15.2 Å². The number of methoxy groups -OCH3 is 1. The lowest BCUT2D eigenvalue weighted by atomic mass is 10.1. The first-order valence-corrected chi connectivity index (χ1v) is 6.68. The molecule has 5 heteroatoms. The molecule has 0 atom stereocenters. The van der Waals surface area contributed by atoms with E-state index in [9.17, 15) is 0 Å². The maximum atomic E-state index is 8.93. The van der Waals surface area contributed by atoms with Crippen molar-refractivity contribution in [3.8, 4) is 17.6 Å². The Hall–Kier alpha value is -2.19. The highest BCUT2D eigenvalue weighted by atomic mass is 79.9. The molecule has 0 heterocycles. The fourth-order valence-corrected chi connectivity index (χ4v) is 2.11. The second-order valence-electron chi connectivity index (χ2n) is 4.12. The van der Waals surface area contributed by atoms with Crippen LogP contribution in [-0.4, -0.2) is 7.11 Å². The number of nitriles is 1. The van der Waals surface area contributed by atoms with Crippen molar-refractivity contribution in [3.05, 3.63) is 52.0 Å². The van der Waals surface area contributed by atoms with Crippen LogP contribution in [0.15, 0.2) is 40.9 Å². The van der Waals surface area contributed by atoms with Crippen LogP contribution in [-0.2, 0) is 6.61 Å². The van der Waals surface area contributed by atoms with Crippen molar-refractivity contribution in [1.82, 2.24) is 0 Å². The zero-order valence-electron chi connectivity index (χ0n) is 10.9. The van der Waals surface area contributed by atoms with Crippen LogP contribution in [0.5, 0.6) is 11.5 Å². The monoisotopic (exact) mass is 332 g/mol. The molecule has 0 aliphatic heterocycles. The molecule has 2 aromatic rings. The number of ether oxygens (including phenoxy) is 2. The minimum absolute atomic E-state index is 0.355. The normalized spacial score (nSPS) is 9.85. The molecule has 0 saturated heterocycles.